The normalized spacial score (nSPS) is 26.2. The molecule has 5 heteroatoms. The van der Waals surface area contributed by atoms with Gasteiger partial charge in [0.25, 0.3) is 0 Å². The predicted octanol–water partition coefficient (Wildman–Crippen LogP) is 2.53. The quantitative estimate of drug-likeness (QED) is 0.907. The number of rotatable bonds is 3. The van der Waals surface area contributed by atoms with Crippen LogP contribution in [-0.2, 0) is 6.54 Å². The molecule has 1 N–H and O–H groups in total. The van der Waals surface area contributed by atoms with E-state index in [4.69, 9.17) is 11.6 Å². The van der Waals surface area contributed by atoms with Gasteiger partial charge in [-0.2, -0.15) is 0 Å². The topological polar surface area (TPSA) is 36.4 Å². The van der Waals surface area contributed by atoms with E-state index >= 15 is 0 Å². The van der Waals surface area contributed by atoms with Gasteiger partial charge in [-0.1, -0.05) is 24.4 Å². The lowest BCUT2D eigenvalue weighted by molar-refractivity contribution is 0.0292. The number of aliphatic hydroxyl groups excluding tert-OH is 1. The molecule has 0 radical (unpaired) electrons. The van der Waals surface area contributed by atoms with Crippen LogP contribution in [0.25, 0.3) is 0 Å². The van der Waals surface area contributed by atoms with Gasteiger partial charge in [0, 0.05) is 23.7 Å². The molecular formula is C11H17ClN2OS. The molecule has 1 heterocycles. The van der Waals surface area contributed by atoms with Crippen LogP contribution in [0.15, 0.2) is 6.20 Å². The summed E-state index contributed by atoms with van der Waals surface area (Å²) in [6.45, 7) is 0.826. The van der Waals surface area contributed by atoms with Gasteiger partial charge in [-0.25, -0.2) is 4.98 Å². The molecule has 2 atom stereocenters. The van der Waals surface area contributed by atoms with E-state index in [1.807, 2.05) is 6.20 Å². The number of aromatic nitrogens is 1. The minimum absolute atomic E-state index is 0.179. The second kappa shape index (κ2) is 5.45. The molecule has 0 saturated heterocycles. The van der Waals surface area contributed by atoms with Gasteiger partial charge >= 0.3 is 0 Å². The fraction of sp³-hybridized carbons (Fsp3) is 0.727. The highest BCUT2D eigenvalue weighted by Gasteiger charge is 2.26. The third-order valence-electron chi connectivity index (χ3n) is 3.19. The average Bonchev–Trinajstić information content (AvgIpc) is 2.64. The van der Waals surface area contributed by atoms with Gasteiger partial charge in [0.05, 0.1) is 6.10 Å². The molecule has 16 heavy (non-hydrogen) atoms. The van der Waals surface area contributed by atoms with Crippen LogP contribution in [0.4, 0.5) is 0 Å². The number of likely N-dealkylation sites (N-methyl/N-ethyl adjacent to an activating group) is 1. The van der Waals surface area contributed by atoms with Gasteiger partial charge in [-0.15, -0.1) is 11.3 Å². The summed E-state index contributed by atoms with van der Waals surface area (Å²) >= 11 is 7.31. The Morgan fingerprint density at radius 1 is 1.56 bits per heavy atom. The van der Waals surface area contributed by atoms with Crippen molar-refractivity contribution in [2.24, 2.45) is 0 Å². The second-order valence-corrected chi connectivity index (χ2v) is 6.11. The van der Waals surface area contributed by atoms with E-state index in [9.17, 15) is 5.11 Å². The van der Waals surface area contributed by atoms with Crippen molar-refractivity contribution < 1.29 is 5.11 Å². The van der Waals surface area contributed by atoms with Crippen molar-refractivity contribution in [2.75, 3.05) is 7.05 Å². The molecule has 0 amide bonds. The van der Waals surface area contributed by atoms with E-state index in [1.54, 1.807) is 0 Å². The summed E-state index contributed by atoms with van der Waals surface area (Å²) in [6, 6.07) is 0.287. The van der Waals surface area contributed by atoms with Gasteiger partial charge in [0.1, 0.15) is 0 Å². The van der Waals surface area contributed by atoms with Crippen LogP contribution in [0.2, 0.25) is 4.47 Å². The van der Waals surface area contributed by atoms with E-state index in [1.165, 1.54) is 17.8 Å². The molecule has 1 aliphatic carbocycles. The molecule has 1 saturated carbocycles. The van der Waals surface area contributed by atoms with Crippen LogP contribution in [-0.4, -0.2) is 34.2 Å². The molecule has 0 bridgehead atoms. The molecule has 0 aromatic carbocycles. The maximum Gasteiger partial charge on any atom is 0.183 e. The lowest BCUT2D eigenvalue weighted by Crippen LogP contribution is -2.42. The Morgan fingerprint density at radius 2 is 2.31 bits per heavy atom. The Bertz CT molecular complexity index is 344. The Kier molecular flexibility index (Phi) is 4.19. The molecule has 1 aromatic heterocycles. The largest absolute Gasteiger partial charge is 0.391 e. The summed E-state index contributed by atoms with van der Waals surface area (Å²) < 4.78 is 0.590. The summed E-state index contributed by atoms with van der Waals surface area (Å²) in [6.07, 6.45) is 6.02. The Balaban J connectivity index is 1.93. The first kappa shape index (κ1) is 12.3. The third-order valence-corrected chi connectivity index (χ3v) is 4.29. The zero-order valence-corrected chi connectivity index (χ0v) is 11.0. The highest BCUT2D eigenvalue weighted by molar-refractivity contribution is 7.15. The van der Waals surface area contributed by atoms with Gasteiger partial charge < -0.3 is 5.11 Å². The molecule has 0 spiro atoms. The summed E-state index contributed by atoms with van der Waals surface area (Å²) in [7, 11) is 2.06. The maximum absolute atomic E-state index is 9.94. The standard InChI is InChI=1S/C11H17ClN2OS/c1-14(7-8-6-13-11(12)16-8)9-4-2-3-5-10(9)15/h6,9-10,15H,2-5,7H2,1H3. The number of halogens is 1. The van der Waals surface area contributed by atoms with Crippen molar-refractivity contribution >= 4 is 22.9 Å². The van der Waals surface area contributed by atoms with Crippen molar-refractivity contribution in [1.82, 2.24) is 9.88 Å². The Hall–Kier alpha value is -0.160. The van der Waals surface area contributed by atoms with Gasteiger partial charge in [-0.3, -0.25) is 4.90 Å². The van der Waals surface area contributed by atoms with E-state index in [2.05, 4.69) is 16.9 Å². The van der Waals surface area contributed by atoms with E-state index in [0.717, 1.165) is 30.7 Å². The minimum Gasteiger partial charge on any atom is -0.391 e. The smallest absolute Gasteiger partial charge is 0.183 e. The molecule has 1 fully saturated rings. The molecule has 1 aliphatic rings. The highest BCUT2D eigenvalue weighted by Crippen LogP contribution is 2.25. The Labute approximate surface area is 105 Å². The van der Waals surface area contributed by atoms with Gasteiger partial charge in [-0.05, 0) is 19.9 Å². The Morgan fingerprint density at radius 3 is 2.94 bits per heavy atom. The molecular weight excluding hydrogens is 244 g/mol. The van der Waals surface area contributed by atoms with Crippen LogP contribution < -0.4 is 0 Å². The number of nitrogens with zero attached hydrogens (tertiary/aromatic N) is 2. The molecule has 1 aromatic rings. The zero-order valence-electron chi connectivity index (χ0n) is 9.40. The molecule has 2 rings (SSSR count). The third kappa shape index (κ3) is 2.94. The lowest BCUT2D eigenvalue weighted by Gasteiger charge is -2.34. The van der Waals surface area contributed by atoms with Crippen LogP contribution >= 0.6 is 22.9 Å². The van der Waals surface area contributed by atoms with Crippen LogP contribution in [0.1, 0.15) is 30.6 Å². The number of hydrogen-bond donors (Lipinski definition) is 1. The zero-order chi connectivity index (χ0) is 11.5. The van der Waals surface area contributed by atoms with E-state index in [0.29, 0.717) is 4.47 Å². The number of thiazole rings is 1. The van der Waals surface area contributed by atoms with Gasteiger partial charge in [0.2, 0.25) is 0 Å². The first-order valence-corrected chi connectivity index (χ1v) is 6.85. The fourth-order valence-corrected chi connectivity index (χ4v) is 3.37. The van der Waals surface area contributed by atoms with Crippen molar-refractivity contribution in [3.8, 4) is 0 Å². The fourth-order valence-electron chi connectivity index (χ4n) is 2.33. The first-order valence-electron chi connectivity index (χ1n) is 5.65. The lowest BCUT2D eigenvalue weighted by atomic mass is 9.91. The molecule has 0 aliphatic heterocycles. The van der Waals surface area contributed by atoms with Crippen molar-refractivity contribution in [1.29, 1.82) is 0 Å². The average molecular weight is 261 g/mol. The highest BCUT2D eigenvalue weighted by atomic mass is 35.5. The maximum atomic E-state index is 9.94. The summed E-state index contributed by atoms with van der Waals surface area (Å²) in [4.78, 5) is 7.40. The molecule has 90 valence electrons. The van der Waals surface area contributed by atoms with Crippen molar-refractivity contribution in [3.05, 3.63) is 15.5 Å². The van der Waals surface area contributed by atoms with E-state index < -0.39 is 0 Å². The summed E-state index contributed by atoms with van der Waals surface area (Å²) in [5, 5.41) is 9.94. The molecule has 2 unspecified atom stereocenters. The number of aliphatic hydroxyl groups is 1. The van der Waals surface area contributed by atoms with Gasteiger partial charge in [0.15, 0.2) is 4.47 Å². The number of hydrogen-bond acceptors (Lipinski definition) is 4. The van der Waals surface area contributed by atoms with Crippen molar-refractivity contribution in [3.63, 3.8) is 0 Å². The van der Waals surface area contributed by atoms with Crippen molar-refractivity contribution in [2.45, 2.75) is 44.4 Å². The predicted molar refractivity (Wildman–Crippen MR) is 66.9 cm³/mol. The SMILES string of the molecule is CN(Cc1cnc(Cl)s1)C1CCCCC1O. The van der Waals surface area contributed by atoms with E-state index in [-0.39, 0.29) is 12.1 Å². The monoisotopic (exact) mass is 260 g/mol. The minimum atomic E-state index is -0.179. The second-order valence-electron chi connectivity index (χ2n) is 4.41. The summed E-state index contributed by atoms with van der Waals surface area (Å²) in [5.74, 6) is 0. The molecule has 3 nitrogen and oxygen atoms in total. The van der Waals surface area contributed by atoms with Crippen LogP contribution in [0.5, 0.6) is 0 Å². The van der Waals surface area contributed by atoms with Crippen LogP contribution in [0.3, 0.4) is 0 Å². The summed E-state index contributed by atoms with van der Waals surface area (Å²) in [5.41, 5.74) is 0. The van der Waals surface area contributed by atoms with Crippen LogP contribution in [0, 0.1) is 0 Å². The first-order chi connectivity index (χ1) is 7.66.